The molecule has 144 valence electrons. The van der Waals surface area contributed by atoms with Gasteiger partial charge in [0, 0.05) is 25.5 Å². The smallest absolute Gasteiger partial charge is 0.337 e. The zero-order valence-electron chi connectivity index (χ0n) is 15.2. The number of ether oxygens (including phenoxy) is 1. The summed E-state index contributed by atoms with van der Waals surface area (Å²) in [6.45, 7) is 1.69. The summed E-state index contributed by atoms with van der Waals surface area (Å²) in [7, 11) is 1.38. The van der Waals surface area contributed by atoms with E-state index in [0.29, 0.717) is 18.0 Å². The lowest BCUT2D eigenvalue weighted by Gasteiger charge is -2.17. The number of aromatic nitrogens is 2. The molecule has 0 saturated carbocycles. The van der Waals surface area contributed by atoms with Gasteiger partial charge in [0.25, 0.3) is 6.47 Å². The number of hydrogen-bond donors (Lipinski definition) is 1. The fraction of sp³-hybridized carbons (Fsp3) is 0.368. The van der Waals surface area contributed by atoms with Crippen LogP contribution in [0.2, 0.25) is 0 Å². The summed E-state index contributed by atoms with van der Waals surface area (Å²) in [4.78, 5) is 38.0. The third-order valence-electron chi connectivity index (χ3n) is 4.41. The Bertz CT molecular complexity index is 743. The number of hydrogen-bond acceptors (Lipinski definition) is 5. The lowest BCUT2D eigenvalue weighted by molar-refractivity contribution is -0.131. The van der Waals surface area contributed by atoms with Crippen LogP contribution in [-0.4, -0.2) is 58.1 Å². The van der Waals surface area contributed by atoms with Crippen LogP contribution in [0.15, 0.2) is 43.0 Å². The van der Waals surface area contributed by atoms with Gasteiger partial charge in [0.2, 0.25) is 5.91 Å². The van der Waals surface area contributed by atoms with Gasteiger partial charge in [-0.05, 0) is 36.5 Å². The highest BCUT2D eigenvalue weighted by molar-refractivity contribution is 5.89. The van der Waals surface area contributed by atoms with Crippen LogP contribution in [0.3, 0.4) is 0 Å². The summed E-state index contributed by atoms with van der Waals surface area (Å²) >= 11 is 0. The Morgan fingerprint density at radius 2 is 2.04 bits per heavy atom. The first kappa shape index (κ1) is 20.2. The van der Waals surface area contributed by atoms with E-state index in [-0.39, 0.29) is 18.3 Å². The Labute approximate surface area is 157 Å². The van der Waals surface area contributed by atoms with Crippen LogP contribution in [0, 0.1) is 5.92 Å². The minimum atomic E-state index is -0.321. The van der Waals surface area contributed by atoms with Crippen LogP contribution >= 0.6 is 0 Å². The van der Waals surface area contributed by atoms with E-state index in [1.165, 1.54) is 12.7 Å². The van der Waals surface area contributed by atoms with Gasteiger partial charge in [-0.25, -0.2) is 9.78 Å². The Kier molecular flexibility index (Phi) is 7.54. The predicted octanol–water partition coefficient (Wildman–Crippen LogP) is 1.46. The van der Waals surface area contributed by atoms with Crippen molar-refractivity contribution in [1.29, 1.82) is 0 Å². The topological polar surface area (TPSA) is 102 Å². The van der Waals surface area contributed by atoms with Crippen molar-refractivity contribution in [2.24, 2.45) is 5.92 Å². The summed E-state index contributed by atoms with van der Waals surface area (Å²) in [6, 6.07) is 7.50. The molecule has 1 aliphatic rings. The third kappa shape index (κ3) is 5.95. The second-order valence-corrected chi connectivity index (χ2v) is 6.23. The van der Waals surface area contributed by atoms with Gasteiger partial charge in [-0.1, -0.05) is 12.1 Å². The number of nitrogens with zero attached hydrogens (tertiary/aromatic N) is 3. The van der Waals surface area contributed by atoms with Crippen LogP contribution in [0.1, 0.15) is 22.3 Å². The largest absolute Gasteiger partial charge is 0.483 e. The summed E-state index contributed by atoms with van der Waals surface area (Å²) in [5.41, 5.74) is 1.74. The Morgan fingerprint density at radius 3 is 2.63 bits per heavy atom. The molecule has 3 rings (SSSR count). The first-order valence-electron chi connectivity index (χ1n) is 8.56. The second kappa shape index (κ2) is 10.1. The molecule has 1 N–H and O–H groups in total. The van der Waals surface area contributed by atoms with Crippen molar-refractivity contribution in [3.63, 3.8) is 0 Å². The van der Waals surface area contributed by atoms with Crippen molar-refractivity contribution >= 4 is 18.3 Å². The lowest BCUT2D eigenvalue weighted by Crippen LogP contribution is -2.31. The maximum absolute atomic E-state index is 12.3. The number of rotatable bonds is 5. The number of benzene rings is 1. The molecule has 8 nitrogen and oxygen atoms in total. The van der Waals surface area contributed by atoms with E-state index in [9.17, 15) is 9.59 Å². The van der Waals surface area contributed by atoms with Gasteiger partial charge in [-0.3, -0.25) is 9.59 Å². The van der Waals surface area contributed by atoms with Crippen molar-refractivity contribution in [2.45, 2.75) is 19.4 Å². The molecule has 1 fully saturated rings. The standard InChI is InChI=1S/C18H21N3O3.CH2O2/c1-24-18(23)16-4-2-14(3-5-16)10-15-6-8-21(11-15)17(22)12-20-9-7-19-13-20;2-1-3/h2-5,7,9,13,15H,6,8,10-12H2,1H3;1H,(H,2,3). The molecule has 2 heterocycles. The lowest BCUT2D eigenvalue weighted by atomic mass is 9.98. The van der Waals surface area contributed by atoms with Gasteiger partial charge in [0.1, 0.15) is 6.54 Å². The minimum absolute atomic E-state index is 0.136. The summed E-state index contributed by atoms with van der Waals surface area (Å²) in [5, 5.41) is 6.89. The minimum Gasteiger partial charge on any atom is -0.483 e. The molecule has 1 aromatic carbocycles. The van der Waals surface area contributed by atoms with E-state index in [4.69, 9.17) is 14.6 Å². The Balaban J connectivity index is 0.000000817. The number of carbonyl (C=O) groups excluding carboxylic acids is 2. The van der Waals surface area contributed by atoms with Gasteiger partial charge in [-0.2, -0.15) is 0 Å². The summed E-state index contributed by atoms with van der Waals surface area (Å²) < 4.78 is 6.50. The normalized spacial score (nSPS) is 15.6. The molecule has 1 aliphatic heterocycles. The van der Waals surface area contributed by atoms with Gasteiger partial charge in [0.05, 0.1) is 19.0 Å². The number of carbonyl (C=O) groups is 3. The fourth-order valence-corrected chi connectivity index (χ4v) is 3.09. The highest BCUT2D eigenvalue weighted by Gasteiger charge is 2.26. The van der Waals surface area contributed by atoms with Crippen molar-refractivity contribution in [3.8, 4) is 0 Å². The Morgan fingerprint density at radius 1 is 1.33 bits per heavy atom. The molecule has 27 heavy (non-hydrogen) atoms. The van der Waals surface area contributed by atoms with Gasteiger partial charge >= 0.3 is 5.97 Å². The summed E-state index contributed by atoms with van der Waals surface area (Å²) in [6.07, 6.45) is 7.06. The molecule has 1 saturated heterocycles. The van der Waals surface area contributed by atoms with Crippen LogP contribution in [0.4, 0.5) is 0 Å². The SMILES string of the molecule is COC(=O)c1ccc(CC2CCN(C(=O)Cn3ccnc3)C2)cc1.O=CO. The van der Waals surface area contributed by atoms with E-state index in [1.54, 1.807) is 35.4 Å². The van der Waals surface area contributed by atoms with E-state index in [0.717, 1.165) is 25.9 Å². The molecule has 1 unspecified atom stereocenters. The van der Waals surface area contributed by atoms with Gasteiger partial charge in [-0.15, -0.1) is 0 Å². The first-order chi connectivity index (χ1) is 13.1. The highest BCUT2D eigenvalue weighted by Crippen LogP contribution is 2.21. The quantitative estimate of drug-likeness (QED) is 0.629. The maximum atomic E-state index is 12.3. The zero-order chi connectivity index (χ0) is 19.6. The molecule has 0 spiro atoms. The number of methoxy groups -OCH3 is 1. The molecule has 0 bridgehead atoms. The number of esters is 1. The summed E-state index contributed by atoms with van der Waals surface area (Å²) in [5.74, 6) is 0.274. The van der Waals surface area contributed by atoms with E-state index in [2.05, 4.69) is 4.98 Å². The predicted molar refractivity (Wildman–Crippen MR) is 97.1 cm³/mol. The van der Waals surface area contributed by atoms with Crippen molar-refractivity contribution in [3.05, 3.63) is 54.1 Å². The molecule has 0 aliphatic carbocycles. The maximum Gasteiger partial charge on any atom is 0.337 e. The molecule has 1 aromatic heterocycles. The molecule has 2 aromatic rings. The van der Waals surface area contributed by atoms with Crippen LogP contribution in [-0.2, 0) is 27.3 Å². The van der Waals surface area contributed by atoms with Gasteiger partial charge in [0.15, 0.2) is 0 Å². The number of amides is 1. The van der Waals surface area contributed by atoms with Crippen molar-refractivity contribution in [2.75, 3.05) is 20.2 Å². The van der Waals surface area contributed by atoms with Crippen LogP contribution < -0.4 is 0 Å². The molecule has 1 atom stereocenters. The van der Waals surface area contributed by atoms with E-state index >= 15 is 0 Å². The highest BCUT2D eigenvalue weighted by atomic mass is 16.5. The molecule has 8 heteroatoms. The average molecular weight is 373 g/mol. The van der Waals surface area contributed by atoms with Crippen molar-refractivity contribution in [1.82, 2.24) is 14.5 Å². The molecular weight excluding hydrogens is 350 g/mol. The van der Waals surface area contributed by atoms with Crippen LogP contribution in [0.25, 0.3) is 0 Å². The monoisotopic (exact) mass is 373 g/mol. The third-order valence-corrected chi connectivity index (χ3v) is 4.41. The average Bonchev–Trinajstić information content (AvgIpc) is 3.34. The first-order valence-corrected chi connectivity index (χ1v) is 8.56. The molecule has 1 amide bonds. The molecule has 0 radical (unpaired) electrons. The van der Waals surface area contributed by atoms with E-state index < -0.39 is 0 Å². The second-order valence-electron chi connectivity index (χ2n) is 6.23. The number of likely N-dealkylation sites (tertiary alicyclic amines) is 1. The fourth-order valence-electron chi connectivity index (χ4n) is 3.09. The van der Waals surface area contributed by atoms with Crippen molar-refractivity contribution < 1.29 is 24.2 Å². The Hall–Kier alpha value is -3.16. The number of imidazole rings is 1. The number of carboxylic acid groups (broad SMARTS) is 1. The van der Waals surface area contributed by atoms with E-state index in [1.807, 2.05) is 17.0 Å². The van der Waals surface area contributed by atoms with Gasteiger partial charge < -0.3 is 19.3 Å². The zero-order valence-corrected chi connectivity index (χ0v) is 15.2. The van der Waals surface area contributed by atoms with Crippen LogP contribution in [0.5, 0.6) is 0 Å². The molecular formula is C19H23N3O5.